The summed E-state index contributed by atoms with van der Waals surface area (Å²) in [5, 5.41) is 0. The van der Waals surface area contributed by atoms with Crippen LogP contribution in [0.5, 0.6) is 0 Å². The molecule has 0 spiro atoms. The molecule has 0 amide bonds. The van der Waals surface area contributed by atoms with Crippen LogP contribution >= 0.6 is 0 Å². The van der Waals surface area contributed by atoms with Gasteiger partial charge in [-0.15, -0.1) is 0 Å². The minimum Gasteiger partial charge on any atom is -0.359 e. The zero-order chi connectivity index (χ0) is 24.6. The molecule has 0 N–H and O–H groups in total. The van der Waals surface area contributed by atoms with Crippen molar-refractivity contribution in [2.24, 2.45) is 0 Å². The topological polar surface area (TPSA) is 161 Å². The molecule has 0 radical (unpaired) electrons. The average molecular weight is 515 g/mol. The van der Waals surface area contributed by atoms with Crippen LogP contribution in [0.1, 0.15) is 0 Å². The summed E-state index contributed by atoms with van der Waals surface area (Å²) in [6, 6.07) is 0. The number of hydrogen-bond donors (Lipinski definition) is 0. The van der Waals surface area contributed by atoms with Gasteiger partial charge in [-0.1, -0.05) is 0 Å². The highest BCUT2D eigenvalue weighted by Gasteiger charge is 2.41. The fraction of sp³-hybridized carbons (Fsp3) is 1.00. The van der Waals surface area contributed by atoms with E-state index in [4.69, 9.17) is 46.3 Å². The molecule has 32 heavy (non-hydrogen) atoms. The maximum absolute atomic E-state index is 11.9. The third-order valence-electron chi connectivity index (χ3n) is 3.38. The van der Waals surface area contributed by atoms with Crippen LogP contribution < -0.4 is 0 Å². The molecule has 16 heteroatoms. The van der Waals surface area contributed by atoms with Crippen molar-refractivity contribution in [1.82, 2.24) is 0 Å². The molecule has 0 bridgehead atoms. The molecule has 0 aromatic heterocycles. The largest absolute Gasteiger partial charge is 0.359 e. The van der Waals surface area contributed by atoms with E-state index in [-0.39, 0.29) is 40.4 Å². The van der Waals surface area contributed by atoms with Gasteiger partial charge in [-0.05, 0) is 0 Å². The predicted octanol–water partition coefficient (Wildman–Crippen LogP) is -1.10. The Labute approximate surface area is 189 Å². The van der Waals surface area contributed by atoms with Gasteiger partial charge < -0.3 is 37.9 Å². The second-order valence-corrected chi connectivity index (χ2v) is 9.51. The maximum Gasteiger partial charge on any atom is 0.264 e. The molecule has 0 aromatic carbocycles. The lowest BCUT2D eigenvalue weighted by Crippen LogP contribution is -2.53. The van der Waals surface area contributed by atoms with Crippen LogP contribution in [-0.2, 0) is 66.5 Å². The predicted molar refractivity (Wildman–Crippen MR) is 109 cm³/mol. The lowest BCUT2D eigenvalue weighted by atomic mass is 10.0. The molecule has 194 valence electrons. The molecule has 0 aliphatic heterocycles. The van der Waals surface area contributed by atoms with Gasteiger partial charge >= 0.3 is 0 Å². The molecule has 4 atom stereocenters. The first kappa shape index (κ1) is 31.5. The van der Waals surface area contributed by atoms with Crippen molar-refractivity contribution in [1.29, 1.82) is 0 Å². The van der Waals surface area contributed by atoms with E-state index in [9.17, 15) is 16.8 Å². The molecule has 0 saturated heterocycles. The van der Waals surface area contributed by atoms with Gasteiger partial charge in [0.15, 0.2) is 0 Å². The number of methoxy groups -OCH3 is 4. The van der Waals surface area contributed by atoms with E-state index in [0.717, 1.165) is 12.5 Å². The molecule has 0 heterocycles. The Balaban J connectivity index is 6.15. The van der Waals surface area contributed by atoms with E-state index in [1.54, 1.807) is 0 Å². The van der Waals surface area contributed by atoms with Crippen molar-refractivity contribution in [2.45, 2.75) is 24.4 Å². The maximum atomic E-state index is 11.9. The van der Waals surface area contributed by atoms with E-state index in [1.807, 2.05) is 0 Å². The first-order chi connectivity index (χ1) is 15.0. The number of hydrogen-bond acceptors (Lipinski definition) is 14. The Morgan fingerprint density at radius 1 is 0.562 bits per heavy atom. The molecule has 0 aromatic rings. The number of rotatable bonds is 21. The molecular formula is C16H34O14S2. The minimum atomic E-state index is -4.01. The summed E-state index contributed by atoms with van der Waals surface area (Å²) >= 11 is 0. The van der Waals surface area contributed by atoms with Crippen LogP contribution in [0, 0.1) is 0 Å². The fourth-order valence-corrected chi connectivity index (χ4v) is 3.65. The zero-order valence-electron chi connectivity index (χ0n) is 19.1. The van der Waals surface area contributed by atoms with Crippen LogP contribution in [0.2, 0.25) is 0 Å². The van der Waals surface area contributed by atoms with Crippen LogP contribution in [-0.4, -0.2) is 123 Å². The summed E-state index contributed by atoms with van der Waals surface area (Å²) in [5.41, 5.74) is 0. The van der Waals surface area contributed by atoms with Gasteiger partial charge in [-0.3, -0.25) is 8.37 Å². The normalized spacial score (nSPS) is 16.6. The monoisotopic (exact) mass is 514 g/mol. The molecule has 14 nitrogen and oxygen atoms in total. The third-order valence-corrected chi connectivity index (χ3v) is 4.57. The summed E-state index contributed by atoms with van der Waals surface area (Å²) in [5.74, 6) is 0. The highest BCUT2D eigenvalue weighted by atomic mass is 32.2. The second kappa shape index (κ2) is 17.0. The molecule has 0 aliphatic rings. The van der Waals surface area contributed by atoms with E-state index < -0.39 is 44.7 Å². The van der Waals surface area contributed by atoms with Gasteiger partial charge in [0.05, 0.1) is 25.7 Å². The van der Waals surface area contributed by atoms with Crippen molar-refractivity contribution < 1.29 is 63.1 Å². The van der Waals surface area contributed by atoms with E-state index in [1.165, 1.54) is 28.4 Å². The summed E-state index contributed by atoms with van der Waals surface area (Å²) in [6.07, 6.45) is -3.53. The molecular weight excluding hydrogens is 480 g/mol. The van der Waals surface area contributed by atoms with E-state index in [2.05, 4.69) is 0 Å². The number of ether oxygens (including phenoxy) is 8. The van der Waals surface area contributed by atoms with Crippen molar-refractivity contribution in [2.75, 3.05) is 81.3 Å². The van der Waals surface area contributed by atoms with Crippen LogP contribution in [0.4, 0.5) is 0 Å². The second-order valence-electron chi connectivity index (χ2n) is 6.31. The SMILES string of the molecule is COCOC[C@@H](OS(C)(=O)=O)[C@@H](OCOC)[C@H](OCOC)[C@@H](COCOC)OS(C)(=O)=O. The Kier molecular flexibility index (Phi) is 16.7. The highest BCUT2D eigenvalue weighted by Crippen LogP contribution is 2.21. The quantitative estimate of drug-likeness (QED) is 0.103. The van der Waals surface area contributed by atoms with Gasteiger partial charge in [0.25, 0.3) is 20.2 Å². The third kappa shape index (κ3) is 15.4. The van der Waals surface area contributed by atoms with Crippen molar-refractivity contribution in [3.05, 3.63) is 0 Å². The molecule has 0 aliphatic carbocycles. The summed E-state index contributed by atoms with van der Waals surface area (Å²) in [4.78, 5) is 0. The summed E-state index contributed by atoms with van der Waals surface area (Å²) < 4.78 is 98.9. The lowest BCUT2D eigenvalue weighted by molar-refractivity contribution is -0.216. The Hall–Kier alpha value is -0.500. The first-order valence-corrected chi connectivity index (χ1v) is 12.7. The van der Waals surface area contributed by atoms with Crippen LogP contribution in [0.15, 0.2) is 0 Å². The lowest BCUT2D eigenvalue weighted by Gasteiger charge is -2.35. The van der Waals surface area contributed by atoms with E-state index >= 15 is 0 Å². The molecule has 0 rings (SSSR count). The van der Waals surface area contributed by atoms with Crippen molar-refractivity contribution in [3.8, 4) is 0 Å². The molecule has 0 fully saturated rings. The Morgan fingerprint density at radius 3 is 1.12 bits per heavy atom. The van der Waals surface area contributed by atoms with Gasteiger partial charge in [0, 0.05) is 28.4 Å². The Bertz CT molecular complexity index is 610. The standard InChI is InChI=1S/C16H34O14S2/c1-21-9-25-7-13(29-31(5,17)18)15(27-11-23-3)16(28-12-24-4)14(8-26-10-22-2)30-32(6,19)20/h13-16H,7-12H2,1-6H3/t13-,14-,15-,16-/m1/s1. The average Bonchev–Trinajstić information content (AvgIpc) is 2.67. The van der Waals surface area contributed by atoms with Gasteiger partial charge in [0.2, 0.25) is 0 Å². The van der Waals surface area contributed by atoms with Gasteiger partial charge in [-0.2, -0.15) is 16.8 Å². The molecule has 0 saturated carbocycles. The summed E-state index contributed by atoms with van der Waals surface area (Å²) in [7, 11) is -2.59. The van der Waals surface area contributed by atoms with Crippen LogP contribution in [0.3, 0.4) is 0 Å². The zero-order valence-corrected chi connectivity index (χ0v) is 20.7. The van der Waals surface area contributed by atoms with Gasteiger partial charge in [0.1, 0.15) is 51.6 Å². The Morgan fingerprint density at radius 2 is 0.875 bits per heavy atom. The fourth-order valence-electron chi connectivity index (χ4n) is 2.42. The van der Waals surface area contributed by atoms with Gasteiger partial charge in [-0.25, -0.2) is 0 Å². The van der Waals surface area contributed by atoms with E-state index in [0.29, 0.717) is 0 Å². The highest BCUT2D eigenvalue weighted by molar-refractivity contribution is 7.86. The molecule has 0 unspecified atom stereocenters. The summed E-state index contributed by atoms with van der Waals surface area (Å²) in [6.45, 7) is -1.65. The first-order valence-electron chi connectivity index (χ1n) is 9.10. The van der Waals surface area contributed by atoms with Crippen molar-refractivity contribution >= 4 is 20.2 Å². The minimum absolute atomic E-state index is 0.176. The van der Waals surface area contributed by atoms with Crippen molar-refractivity contribution in [3.63, 3.8) is 0 Å². The smallest absolute Gasteiger partial charge is 0.264 e. The van der Waals surface area contributed by atoms with Crippen LogP contribution in [0.25, 0.3) is 0 Å².